The van der Waals surface area contributed by atoms with Gasteiger partial charge in [0.05, 0.1) is 18.8 Å². The number of carbonyl (C=O) groups excluding carboxylic acids is 1. The van der Waals surface area contributed by atoms with Crippen molar-refractivity contribution < 1.29 is 14.3 Å². The lowest BCUT2D eigenvalue weighted by Crippen LogP contribution is -2.14. The lowest BCUT2D eigenvalue weighted by molar-refractivity contribution is 0.0428. The van der Waals surface area contributed by atoms with E-state index in [0.717, 1.165) is 23.9 Å². The molecule has 1 rings (SSSR count). The summed E-state index contributed by atoms with van der Waals surface area (Å²) in [5.41, 5.74) is 0.575. The summed E-state index contributed by atoms with van der Waals surface area (Å²) in [5.74, 6) is 0.979. The van der Waals surface area contributed by atoms with Gasteiger partial charge in [-0.25, -0.2) is 4.79 Å². The minimum atomic E-state index is -0.253. The summed E-state index contributed by atoms with van der Waals surface area (Å²) < 4.78 is 10.9. The first-order valence-corrected chi connectivity index (χ1v) is 8.79. The predicted octanol–water partition coefficient (Wildman–Crippen LogP) is 4.83. The lowest BCUT2D eigenvalue weighted by Gasteiger charge is -2.14. The highest BCUT2D eigenvalue weighted by molar-refractivity contribution is 9.09. The topological polar surface area (TPSA) is 35.5 Å². The fraction of sp³-hybridized carbons (Fsp3) is 0.588. The van der Waals surface area contributed by atoms with Crippen molar-refractivity contribution in [2.45, 2.75) is 39.5 Å². The number of esters is 1. The minimum Gasteiger partial charge on any atom is -0.493 e. The normalized spacial score (nSPS) is 12.0. The van der Waals surface area contributed by atoms with Crippen LogP contribution in [0.3, 0.4) is 0 Å². The van der Waals surface area contributed by atoms with Crippen LogP contribution in [-0.2, 0) is 4.74 Å². The minimum absolute atomic E-state index is 0.253. The molecule has 0 heterocycles. The summed E-state index contributed by atoms with van der Waals surface area (Å²) in [6, 6.07) is 7.10. The molecule has 0 aliphatic rings. The lowest BCUT2D eigenvalue weighted by atomic mass is 10.0. The Bertz CT molecular complexity index is 403. The molecule has 0 aliphatic heterocycles. The number of hydrogen-bond donors (Lipinski definition) is 0. The molecule has 0 fully saturated rings. The van der Waals surface area contributed by atoms with Crippen molar-refractivity contribution in [1.82, 2.24) is 0 Å². The van der Waals surface area contributed by atoms with Gasteiger partial charge in [0.2, 0.25) is 0 Å². The van der Waals surface area contributed by atoms with Crippen LogP contribution >= 0.6 is 15.9 Å². The van der Waals surface area contributed by atoms with Gasteiger partial charge < -0.3 is 9.47 Å². The monoisotopic (exact) mass is 356 g/mol. The fourth-order valence-corrected chi connectivity index (χ4v) is 2.18. The molecule has 0 spiro atoms. The fourth-order valence-electron chi connectivity index (χ4n) is 2.02. The molecule has 0 amide bonds. The van der Waals surface area contributed by atoms with Gasteiger partial charge in [0.1, 0.15) is 5.75 Å². The van der Waals surface area contributed by atoms with Gasteiger partial charge in [-0.2, -0.15) is 0 Å². The van der Waals surface area contributed by atoms with E-state index in [4.69, 9.17) is 9.47 Å². The van der Waals surface area contributed by atoms with Gasteiger partial charge in [-0.1, -0.05) is 49.0 Å². The zero-order valence-corrected chi connectivity index (χ0v) is 14.5. The molecule has 0 N–H and O–H groups in total. The molecular formula is C17H25BrO3. The first-order valence-electron chi connectivity index (χ1n) is 7.67. The molecule has 0 saturated carbocycles. The maximum atomic E-state index is 12.0. The SMILES string of the molecule is CCCCC(CC)COC(=O)c1ccc(OCCBr)cc1. The average molecular weight is 357 g/mol. The number of benzene rings is 1. The summed E-state index contributed by atoms with van der Waals surface area (Å²) >= 11 is 3.30. The smallest absolute Gasteiger partial charge is 0.338 e. The second-order valence-electron chi connectivity index (χ2n) is 5.08. The van der Waals surface area contributed by atoms with Gasteiger partial charge in [0.15, 0.2) is 0 Å². The van der Waals surface area contributed by atoms with Gasteiger partial charge in [-0.3, -0.25) is 0 Å². The summed E-state index contributed by atoms with van der Waals surface area (Å²) in [5, 5.41) is 0.785. The molecule has 118 valence electrons. The molecule has 1 atom stereocenters. The summed E-state index contributed by atoms with van der Waals surface area (Å²) in [6.45, 7) is 5.44. The highest BCUT2D eigenvalue weighted by atomic mass is 79.9. The number of carbonyl (C=O) groups is 1. The van der Waals surface area contributed by atoms with Crippen molar-refractivity contribution in [3.8, 4) is 5.75 Å². The molecule has 1 aromatic rings. The Balaban J connectivity index is 2.43. The van der Waals surface area contributed by atoms with E-state index < -0.39 is 0 Å². The number of rotatable bonds is 10. The van der Waals surface area contributed by atoms with E-state index in [1.165, 1.54) is 12.8 Å². The summed E-state index contributed by atoms with van der Waals surface area (Å²) in [6.07, 6.45) is 4.54. The van der Waals surface area contributed by atoms with Gasteiger partial charge in [0.25, 0.3) is 0 Å². The van der Waals surface area contributed by atoms with Crippen LogP contribution in [0.2, 0.25) is 0 Å². The van der Waals surface area contributed by atoms with Crippen molar-refractivity contribution in [3.63, 3.8) is 0 Å². The van der Waals surface area contributed by atoms with E-state index in [-0.39, 0.29) is 5.97 Å². The van der Waals surface area contributed by atoms with E-state index >= 15 is 0 Å². The Labute approximate surface area is 136 Å². The first-order chi connectivity index (χ1) is 10.2. The highest BCUT2D eigenvalue weighted by Crippen LogP contribution is 2.16. The Hall–Kier alpha value is -1.03. The third-order valence-corrected chi connectivity index (χ3v) is 3.75. The first kappa shape index (κ1) is 18.0. The van der Waals surface area contributed by atoms with Crippen LogP contribution in [0.1, 0.15) is 49.9 Å². The quantitative estimate of drug-likeness (QED) is 0.444. The predicted molar refractivity (Wildman–Crippen MR) is 89.3 cm³/mol. The number of alkyl halides is 1. The third-order valence-electron chi connectivity index (χ3n) is 3.43. The van der Waals surface area contributed by atoms with E-state index in [1.807, 2.05) is 0 Å². The number of unbranched alkanes of at least 4 members (excludes halogenated alkanes) is 1. The molecule has 0 radical (unpaired) electrons. The van der Waals surface area contributed by atoms with E-state index in [1.54, 1.807) is 24.3 Å². The van der Waals surface area contributed by atoms with Crippen LogP contribution < -0.4 is 4.74 Å². The van der Waals surface area contributed by atoms with Crippen molar-refractivity contribution in [1.29, 1.82) is 0 Å². The Morgan fingerprint density at radius 3 is 2.52 bits per heavy atom. The van der Waals surface area contributed by atoms with Crippen LogP contribution in [0.4, 0.5) is 0 Å². The van der Waals surface area contributed by atoms with Crippen LogP contribution in [0.25, 0.3) is 0 Å². The van der Waals surface area contributed by atoms with Gasteiger partial charge in [-0.15, -0.1) is 0 Å². The van der Waals surface area contributed by atoms with E-state index in [0.29, 0.717) is 24.7 Å². The van der Waals surface area contributed by atoms with Crippen LogP contribution in [0.15, 0.2) is 24.3 Å². The Morgan fingerprint density at radius 2 is 1.95 bits per heavy atom. The van der Waals surface area contributed by atoms with Crippen molar-refractivity contribution in [2.75, 3.05) is 18.5 Å². The second-order valence-corrected chi connectivity index (χ2v) is 5.87. The van der Waals surface area contributed by atoms with Gasteiger partial charge in [0, 0.05) is 5.33 Å². The van der Waals surface area contributed by atoms with E-state index in [2.05, 4.69) is 29.8 Å². The summed E-state index contributed by atoms with van der Waals surface area (Å²) in [4.78, 5) is 12.0. The molecule has 1 aromatic carbocycles. The number of halogens is 1. The van der Waals surface area contributed by atoms with Gasteiger partial charge in [-0.05, 0) is 36.6 Å². The zero-order chi connectivity index (χ0) is 15.5. The van der Waals surface area contributed by atoms with Gasteiger partial charge >= 0.3 is 5.97 Å². The maximum absolute atomic E-state index is 12.0. The molecule has 0 aliphatic carbocycles. The molecule has 4 heteroatoms. The highest BCUT2D eigenvalue weighted by Gasteiger charge is 2.11. The number of ether oxygens (including phenoxy) is 2. The van der Waals surface area contributed by atoms with Crippen LogP contribution in [0.5, 0.6) is 5.75 Å². The van der Waals surface area contributed by atoms with E-state index in [9.17, 15) is 4.79 Å². The van der Waals surface area contributed by atoms with Crippen molar-refractivity contribution in [2.24, 2.45) is 5.92 Å². The molecule has 3 nitrogen and oxygen atoms in total. The molecule has 1 unspecified atom stereocenters. The average Bonchev–Trinajstić information content (AvgIpc) is 2.53. The van der Waals surface area contributed by atoms with Crippen molar-refractivity contribution >= 4 is 21.9 Å². The van der Waals surface area contributed by atoms with Crippen LogP contribution in [0, 0.1) is 5.92 Å². The Morgan fingerprint density at radius 1 is 1.24 bits per heavy atom. The number of hydrogen-bond acceptors (Lipinski definition) is 3. The Kier molecular flexibility index (Phi) is 9.15. The second kappa shape index (κ2) is 10.7. The molecule has 0 bridgehead atoms. The molecule has 0 aromatic heterocycles. The summed E-state index contributed by atoms with van der Waals surface area (Å²) in [7, 11) is 0. The van der Waals surface area contributed by atoms with Crippen LogP contribution in [-0.4, -0.2) is 24.5 Å². The largest absolute Gasteiger partial charge is 0.493 e. The molecule has 0 saturated heterocycles. The standard InChI is InChI=1S/C17H25BrO3/c1-3-5-6-14(4-2)13-21-17(19)15-7-9-16(10-8-15)20-12-11-18/h7-10,14H,3-6,11-13H2,1-2H3. The third kappa shape index (κ3) is 6.98. The zero-order valence-electron chi connectivity index (χ0n) is 12.9. The maximum Gasteiger partial charge on any atom is 0.338 e. The van der Waals surface area contributed by atoms with Crippen molar-refractivity contribution in [3.05, 3.63) is 29.8 Å². The molecule has 21 heavy (non-hydrogen) atoms. The molecular weight excluding hydrogens is 332 g/mol.